The fourth-order valence-electron chi connectivity index (χ4n) is 1.61. The minimum atomic E-state index is 0.246. The second-order valence-electron chi connectivity index (χ2n) is 3.07. The molecule has 1 aliphatic heterocycles. The summed E-state index contributed by atoms with van der Waals surface area (Å²) in [6, 6.07) is 0.324. The van der Waals surface area contributed by atoms with Crippen LogP contribution in [-0.4, -0.2) is 11.5 Å². The van der Waals surface area contributed by atoms with Gasteiger partial charge in [-0.25, -0.2) is 4.98 Å². The van der Waals surface area contributed by atoms with Gasteiger partial charge < -0.3 is 9.73 Å². The highest BCUT2D eigenvalue weighted by atomic mass is 35.5. The van der Waals surface area contributed by atoms with Gasteiger partial charge in [0.1, 0.15) is 5.76 Å². The molecule has 0 radical (unpaired) electrons. The molecular weight excluding hydrogens is 176 g/mol. The smallest absolute Gasteiger partial charge is 0.292 e. The van der Waals surface area contributed by atoms with Crippen LogP contribution in [0.4, 0.5) is 0 Å². The number of nitrogens with one attached hydrogen (secondary N) is 1. The van der Waals surface area contributed by atoms with Crippen molar-refractivity contribution >= 4 is 11.6 Å². The zero-order chi connectivity index (χ0) is 8.55. The Bertz CT molecular complexity index is 279. The Kier molecular flexibility index (Phi) is 2.07. The van der Waals surface area contributed by atoms with Crippen LogP contribution in [0.5, 0.6) is 0 Å². The van der Waals surface area contributed by atoms with Gasteiger partial charge in [0.05, 0.1) is 11.7 Å². The molecule has 66 valence electrons. The number of aromatic nitrogens is 1. The van der Waals surface area contributed by atoms with E-state index in [0.29, 0.717) is 6.04 Å². The molecule has 12 heavy (non-hydrogen) atoms. The molecule has 2 rings (SSSR count). The van der Waals surface area contributed by atoms with Gasteiger partial charge in [0.25, 0.3) is 5.35 Å². The first-order valence-electron chi connectivity index (χ1n) is 4.13. The molecule has 2 heterocycles. The SMILES string of the molecule is Cc1nc(Cl)oc1C1CCCN1. The lowest BCUT2D eigenvalue weighted by molar-refractivity contribution is 0.442. The van der Waals surface area contributed by atoms with Gasteiger partial charge in [-0.15, -0.1) is 0 Å². The molecule has 0 aliphatic carbocycles. The molecule has 1 saturated heterocycles. The van der Waals surface area contributed by atoms with Crippen molar-refractivity contribution in [3.8, 4) is 0 Å². The van der Waals surface area contributed by atoms with Crippen molar-refractivity contribution in [3.63, 3.8) is 0 Å². The third-order valence-corrected chi connectivity index (χ3v) is 2.34. The lowest BCUT2D eigenvalue weighted by Gasteiger charge is -2.05. The number of hydrogen-bond acceptors (Lipinski definition) is 3. The Labute approximate surface area is 76.1 Å². The highest BCUT2D eigenvalue weighted by Gasteiger charge is 2.22. The number of aryl methyl sites for hydroxylation is 1. The molecule has 3 nitrogen and oxygen atoms in total. The third kappa shape index (κ3) is 1.34. The molecule has 0 aromatic carbocycles. The zero-order valence-corrected chi connectivity index (χ0v) is 7.69. The largest absolute Gasteiger partial charge is 0.431 e. The van der Waals surface area contributed by atoms with Crippen molar-refractivity contribution in [1.82, 2.24) is 10.3 Å². The van der Waals surface area contributed by atoms with E-state index in [2.05, 4.69) is 10.3 Å². The average Bonchev–Trinajstić information content (AvgIpc) is 2.58. The van der Waals surface area contributed by atoms with Crippen LogP contribution in [0.2, 0.25) is 5.35 Å². The number of oxazole rings is 1. The molecule has 1 N–H and O–H groups in total. The van der Waals surface area contributed by atoms with Crippen LogP contribution < -0.4 is 5.32 Å². The minimum absolute atomic E-state index is 0.246. The summed E-state index contributed by atoms with van der Waals surface area (Å²) in [4.78, 5) is 4.01. The van der Waals surface area contributed by atoms with Crippen molar-refractivity contribution in [2.24, 2.45) is 0 Å². The molecule has 4 heteroatoms. The molecule has 1 atom stereocenters. The van der Waals surface area contributed by atoms with Gasteiger partial charge in [0.2, 0.25) is 0 Å². The van der Waals surface area contributed by atoms with E-state index in [4.69, 9.17) is 16.0 Å². The van der Waals surface area contributed by atoms with Crippen LogP contribution in [0.15, 0.2) is 4.42 Å². The predicted molar refractivity (Wildman–Crippen MR) is 46.2 cm³/mol. The van der Waals surface area contributed by atoms with E-state index >= 15 is 0 Å². The molecule has 1 aromatic rings. The summed E-state index contributed by atoms with van der Waals surface area (Å²) in [6.07, 6.45) is 2.31. The van der Waals surface area contributed by atoms with E-state index in [9.17, 15) is 0 Å². The van der Waals surface area contributed by atoms with Crippen LogP contribution in [0.3, 0.4) is 0 Å². The Morgan fingerprint density at radius 3 is 3.00 bits per heavy atom. The Balaban J connectivity index is 2.25. The summed E-state index contributed by atoms with van der Waals surface area (Å²) >= 11 is 5.64. The maximum Gasteiger partial charge on any atom is 0.292 e. The number of rotatable bonds is 1. The summed E-state index contributed by atoms with van der Waals surface area (Å²) in [7, 11) is 0. The fourth-order valence-corrected chi connectivity index (χ4v) is 1.82. The van der Waals surface area contributed by atoms with E-state index < -0.39 is 0 Å². The van der Waals surface area contributed by atoms with Crippen molar-refractivity contribution < 1.29 is 4.42 Å². The standard InChI is InChI=1S/C8H11ClN2O/c1-5-7(12-8(9)11-5)6-3-2-4-10-6/h6,10H,2-4H2,1H3. The lowest BCUT2D eigenvalue weighted by atomic mass is 10.1. The van der Waals surface area contributed by atoms with Gasteiger partial charge in [0.15, 0.2) is 0 Å². The Hall–Kier alpha value is -0.540. The van der Waals surface area contributed by atoms with Gasteiger partial charge in [-0.1, -0.05) is 0 Å². The lowest BCUT2D eigenvalue weighted by Crippen LogP contribution is -2.12. The Morgan fingerprint density at radius 1 is 1.67 bits per heavy atom. The van der Waals surface area contributed by atoms with Crippen LogP contribution >= 0.6 is 11.6 Å². The average molecular weight is 187 g/mol. The summed E-state index contributed by atoms with van der Waals surface area (Å²) in [6.45, 7) is 2.98. The van der Waals surface area contributed by atoms with Crippen molar-refractivity contribution in [1.29, 1.82) is 0 Å². The van der Waals surface area contributed by atoms with Gasteiger partial charge >= 0.3 is 0 Å². The maximum absolute atomic E-state index is 5.64. The number of nitrogens with zero attached hydrogens (tertiary/aromatic N) is 1. The second kappa shape index (κ2) is 3.07. The maximum atomic E-state index is 5.64. The quantitative estimate of drug-likeness (QED) is 0.730. The normalized spacial score (nSPS) is 23.3. The minimum Gasteiger partial charge on any atom is -0.431 e. The molecule has 0 bridgehead atoms. The molecule has 1 aliphatic rings. The van der Waals surface area contributed by atoms with Gasteiger partial charge in [-0.3, -0.25) is 0 Å². The first-order chi connectivity index (χ1) is 5.77. The summed E-state index contributed by atoms with van der Waals surface area (Å²) in [5, 5.41) is 3.58. The highest BCUT2D eigenvalue weighted by molar-refractivity contribution is 6.27. The number of hydrogen-bond donors (Lipinski definition) is 1. The monoisotopic (exact) mass is 186 g/mol. The van der Waals surface area contributed by atoms with Gasteiger partial charge in [0, 0.05) is 0 Å². The summed E-state index contributed by atoms with van der Waals surface area (Å²) < 4.78 is 5.29. The van der Waals surface area contributed by atoms with E-state index in [0.717, 1.165) is 24.4 Å². The highest BCUT2D eigenvalue weighted by Crippen LogP contribution is 2.27. The molecular formula is C8H11ClN2O. The number of halogens is 1. The molecule has 0 spiro atoms. The summed E-state index contributed by atoms with van der Waals surface area (Å²) in [5.41, 5.74) is 0.902. The fraction of sp³-hybridized carbons (Fsp3) is 0.625. The predicted octanol–water partition coefficient (Wildman–Crippen LogP) is 2.06. The van der Waals surface area contributed by atoms with Crippen LogP contribution in [0.1, 0.15) is 30.3 Å². The van der Waals surface area contributed by atoms with Crippen LogP contribution in [-0.2, 0) is 0 Å². The van der Waals surface area contributed by atoms with Gasteiger partial charge in [-0.2, -0.15) is 0 Å². The van der Waals surface area contributed by atoms with Crippen molar-refractivity contribution in [2.45, 2.75) is 25.8 Å². The summed E-state index contributed by atoms with van der Waals surface area (Å²) in [5.74, 6) is 0.900. The van der Waals surface area contributed by atoms with Crippen LogP contribution in [0, 0.1) is 6.92 Å². The van der Waals surface area contributed by atoms with Crippen LogP contribution in [0.25, 0.3) is 0 Å². The second-order valence-corrected chi connectivity index (χ2v) is 3.39. The van der Waals surface area contributed by atoms with E-state index in [-0.39, 0.29) is 5.35 Å². The van der Waals surface area contributed by atoms with E-state index in [1.54, 1.807) is 0 Å². The molecule has 1 unspecified atom stereocenters. The molecule has 0 saturated carbocycles. The molecule has 1 aromatic heterocycles. The van der Waals surface area contributed by atoms with Crippen molar-refractivity contribution in [3.05, 3.63) is 16.8 Å². The van der Waals surface area contributed by atoms with Gasteiger partial charge in [-0.05, 0) is 37.9 Å². The van der Waals surface area contributed by atoms with E-state index in [1.165, 1.54) is 6.42 Å². The zero-order valence-electron chi connectivity index (χ0n) is 6.93. The molecule has 0 amide bonds. The Morgan fingerprint density at radius 2 is 2.50 bits per heavy atom. The van der Waals surface area contributed by atoms with Crippen molar-refractivity contribution in [2.75, 3.05) is 6.54 Å². The van der Waals surface area contributed by atoms with E-state index in [1.807, 2.05) is 6.92 Å². The first kappa shape index (κ1) is 8.08. The molecule has 1 fully saturated rings. The topological polar surface area (TPSA) is 38.1 Å². The third-order valence-electron chi connectivity index (χ3n) is 2.18. The first-order valence-corrected chi connectivity index (χ1v) is 4.51.